The second kappa shape index (κ2) is 6.51. The highest BCUT2D eigenvalue weighted by atomic mass is 79.9. The number of primary amides is 1. The number of benzene rings is 1. The first kappa shape index (κ1) is 15.2. The second-order valence-corrected chi connectivity index (χ2v) is 7.18. The van der Waals surface area contributed by atoms with Gasteiger partial charge in [0.15, 0.2) is 0 Å². The van der Waals surface area contributed by atoms with Gasteiger partial charge in [0.05, 0.1) is 8.66 Å². The number of carbonyl (C=O) groups is 2. The molecule has 7 heteroatoms. The van der Waals surface area contributed by atoms with Gasteiger partial charge in [0.25, 0.3) is 5.91 Å². The Balaban J connectivity index is 2.21. The molecule has 1 heterocycles. The normalized spacial score (nSPS) is 11.9. The van der Waals surface area contributed by atoms with E-state index in [1.807, 2.05) is 6.07 Å². The van der Waals surface area contributed by atoms with Gasteiger partial charge in [-0.1, -0.05) is 30.3 Å². The van der Waals surface area contributed by atoms with Crippen LogP contribution in [0.2, 0.25) is 0 Å². The van der Waals surface area contributed by atoms with Crippen LogP contribution >= 0.6 is 43.2 Å². The maximum atomic E-state index is 12.1. The molecule has 0 aliphatic carbocycles. The third-order valence-corrected chi connectivity index (χ3v) is 5.82. The van der Waals surface area contributed by atoms with Crippen molar-refractivity contribution in [2.45, 2.75) is 6.04 Å². The monoisotopic (exact) mass is 416 g/mol. The topological polar surface area (TPSA) is 72.2 Å². The summed E-state index contributed by atoms with van der Waals surface area (Å²) < 4.78 is 1.61. The Hall–Kier alpha value is -1.18. The molecule has 0 aliphatic heterocycles. The Morgan fingerprint density at radius 3 is 2.35 bits per heavy atom. The van der Waals surface area contributed by atoms with E-state index in [0.717, 1.165) is 8.26 Å². The summed E-state index contributed by atoms with van der Waals surface area (Å²) in [5.41, 5.74) is 6.02. The minimum Gasteiger partial charge on any atom is -0.368 e. The van der Waals surface area contributed by atoms with Crippen LogP contribution in [0.25, 0.3) is 0 Å². The van der Waals surface area contributed by atoms with Gasteiger partial charge in [-0.3, -0.25) is 9.59 Å². The minimum atomic E-state index is -0.844. The molecule has 4 nitrogen and oxygen atoms in total. The third-order valence-electron chi connectivity index (χ3n) is 2.56. The first-order chi connectivity index (χ1) is 9.49. The molecule has 0 saturated heterocycles. The van der Waals surface area contributed by atoms with Crippen LogP contribution in [0.3, 0.4) is 0 Å². The Kier molecular flexibility index (Phi) is 4.95. The van der Waals surface area contributed by atoms with Gasteiger partial charge in [-0.25, -0.2) is 0 Å². The van der Waals surface area contributed by atoms with E-state index in [9.17, 15) is 9.59 Å². The molecular weight excluding hydrogens is 408 g/mol. The number of carbonyl (C=O) groups excluding carboxylic acids is 2. The summed E-state index contributed by atoms with van der Waals surface area (Å²) in [5, 5.41) is 2.64. The van der Waals surface area contributed by atoms with Gasteiger partial charge in [0.1, 0.15) is 6.04 Å². The van der Waals surface area contributed by atoms with Gasteiger partial charge >= 0.3 is 0 Å². The van der Waals surface area contributed by atoms with Crippen molar-refractivity contribution in [3.8, 4) is 0 Å². The Morgan fingerprint density at radius 2 is 1.85 bits per heavy atom. The third kappa shape index (κ3) is 3.47. The van der Waals surface area contributed by atoms with Crippen LogP contribution in [0.1, 0.15) is 21.3 Å². The van der Waals surface area contributed by atoms with Gasteiger partial charge < -0.3 is 11.1 Å². The van der Waals surface area contributed by atoms with Gasteiger partial charge in [-0.05, 0) is 43.5 Å². The smallest absolute Gasteiger partial charge is 0.262 e. The molecular formula is C13H10Br2N2O2S. The molecule has 0 spiro atoms. The molecule has 1 unspecified atom stereocenters. The number of hydrogen-bond donors (Lipinski definition) is 2. The van der Waals surface area contributed by atoms with Crippen LogP contribution in [0.4, 0.5) is 0 Å². The average molecular weight is 418 g/mol. The quantitative estimate of drug-likeness (QED) is 0.801. The maximum Gasteiger partial charge on any atom is 0.262 e. The van der Waals surface area contributed by atoms with Crippen LogP contribution in [-0.2, 0) is 4.79 Å². The first-order valence-corrected chi connectivity index (χ1v) is 7.99. The summed E-state index contributed by atoms with van der Waals surface area (Å²) in [4.78, 5) is 24.2. The summed E-state index contributed by atoms with van der Waals surface area (Å²) in [5.74, 6) is -0.937. The fraction of sp³-hybridized carbons (Fsp3) is 0.0769. The second-order valence-electron chi connectivity index (χ2n) is 3.95. The highest BCUT2D eigenvalue weighted by molar-refractivity contribution is 9.13. The fourth-order valence-corrected chi connectivity index (χ4v) is 3.56. The van der Waals surface area contributed by atoms with Crippen LogP contribution in [-0.4, -0.2) is 11.8 Å². The van der Waals surface area contributed by atoms with Crippen molar-refractivity contribution in [1.29, 1.82) is 0 Å². The molecule has 2 rings (SSSR count). The first-order valence-electron chi connectivity index (χ1n) is 5.59. The number of hydrogen-bond acceptors (Lipinski definition) is 3. The lowest BCUT2D eigenvalue weighted by Gasteiger charge is -2.15. The van der Waals surface area contributed by atoms with E-state index < -0.39 is 11.9 Å². The predicted octanol–water partition coefficient (Wildman–Crippen LogP) is 3.23. The number of rotatable bonds is 4. The largest absolute Gasteiger partial charge is 0.368 e. The number of amides is 2. The zero-order valence-electron chi connectivity index (χ0n) is 10.1. The zero-order chi connectivity index (χ0) is 14.7. The Morgan fingerprint density at radius 1 is 1.20 bits per heavy atom. The fourth-order valence-electron chi connectivity index (χ4n) is 1.62. The van der Waals surface area contributed by atoms with Crippen molar-refractivity contribution in [3.63, 3.8) is 0 Å². The van der Waals surface area contributed by atoms with Gasteiger partial charge in [-0.15, -0.1) is 11.3 Å². The molecule has 104 valence electrons. The summed E-state index contributed by atoms with van der Waals surface area (Å²) in [6.07, 6.45) is 0. The molecule has 2 aromatic rings. The average Bonchev–Trinajstić information content (AvgIpc) is 2.76. The van der Waals surface area contributed by atoms with E-state index >= 15 is 0 Å². The van der Waals surface area contributed by atoms with E-state index in [4.69, 9.17) is 5.73 Å². The highest BCUT2D eigenvalue weighted by Gasteiger charge is 2.22. The molecule has 0 radical (unpaired) electrons. The minimum absolute atomic E-state index is 0.339. The van der Waals surface area contributed by atoms with Gasteiger partial charge in [-0.2, -0.15) is 0 Å². The van der Waals surface area contributed by atoms with Gasteiger partial charge in [0, 0.05) is 4.47 Å². The molecule has 1 atom stereocenters. The lowest BCUT2D eigenvalue weighted by atomic mass is 10.1. The van der Waals surface area contributed by atoms with Crippen molar-refractivity contribution in [3.05, 3.63) is 55.1 Å². The number of halogens is 2. The highest BCUT2D eigenvalue weighted by Crippen LogP contribution is 2.32. The van der Waals surface area contributed by atoms with E-state index in [-0.39, 0.29) is 5.91 Å². The summed E-state index contributed by atoms with van der Waals surface area (Å²) in [6, 6.07) is 9.74. The van der Waals surface area contributed by atoms with Crippen LogP contribution in [0, 0.1) is 0 Å². The summed E-state index contributed by atoms with van der Waals surface area (Å²) in [7, 11) is 0. The number of thiophene rings is 1. The molecule has 1 aromatic carbocycles. The molecule has 0 bridgehead atoms. The van der Waals surface area contributed by atoms with Crippen molar-refractivity contribution in [2.24, 2.45) is 5.73 Å². The number of nitrogens with one attached hydrogen (secondary N) is 1. The zero-order valence-corrected chi connectivity index (χ0v) is 14.1. The maximum absolute atomic E-state index is 12.1. The Labute approximate surface area is 136 Å². The molecule has 1 aromatic heterocycles. The van der Waals surface area contributed by atoms with Crippen LogP contribution in [0.15, 0.2) is 44.7 Å². The predicted molar refractivity (Wildman–Crippen MR) is 85.6 cm³/mol. The standard InChI is InChI=1S/C13H10Br2N2O2S/c14-8-6-9(20-11(8)15)13(19)17-10(12(16)18)7-4-2-1-3-5-7/h1-6,10H,(H2,16,18)(H,17,19). The van der Waals surface area contributed by atoms with Crippen LogP contribution in [0.5, 0.6) is 0 Å². The van der Waals surface area contributed by atoms with Gasteiger partial charge in [0.2, 0.25) is 5.91 Å². The Bertz CT molecular complexity index is 624. The molecule has 3 N–H and O–H groups in total. The molecule has 0 saturated carbocycles. The van der Waals surface area contributed by atoms with E-state index in [2.05, 4.69) is 37.2 Å². The van der Waals surface area contributed by atoms with E-state index in [1.165, 1.54) is 11.3 Å². The van der Waals surface area contributed by atoms with Crippen molar-refractivity contribution >= 4 is 55.0 Å². The summed E-state index contributed by atoms with van der Waals surface area (Å²) >= 11 is 7.92. The van der Waals surface area contributed by atoms with Crippen molar-refractivity contribution < 1.29 is 9.59 Å². The molecule has 0 fully saturated rings. The van der Waals surface area contributed by atoms with Crippen molar-refractivity contribution in [2.75, 3.05) is 0 Å². The lowest BCUT2D eigenvalue weighted by molar-refractivity contribution is -0.120. The SMILES string of the molecule is NC(=O)C(NC(=O)c1cc(Br)c(Br)s1)c1ccccc1. The molecule has 2 amide bonds. The number of nitrogens with two attached hydrogens (primary N) is 1. The molecule has 0 aliphatic rings. The molecule has 20 heavy (non-hydrogen) atoms. The lowest BCUT2D eigenvalue weighted by Crippen LogP contribution is -2.37. The summed E-state index contributed by atoms with van der Waals surface area (Å²) in [6.45, 7) is 0. The van der Waals surface area contributed by atoms with E-state index in [0.29, 0.717) is 10.4 Å². The van der Waals surface area contributed by atoms with Crippen LogP contribution < -0.4 is 11.1 Å². The van der Waals surface area contributed by atoms with Crippen molar-refractivity contribution in [1.82, 2.24) is 5.32 Å². The van der Waals surface area contributed by atoms with E-state index in [1.54, 1.807) is 30.3 Å².